The Morgan fingerprint density at radius 2 is 1.37 bits per heavy atom. The van der Waals surface area contributed by atoms with Crippen molar-refractivity contribution in [2.45, 2.75) is 24.9 Å². The molecule has 4 aromatic rings. The largest absolute Gasteiger partial charge is 0.462 e. The lowest BCUT2D eigenvalue weighted by molar-refractivity contribution is 0.0526. The molecule has 1 N–H and O–H groups in total. The molecule has 0 unspecified atom stereocenters. The van der Waals surface area contributed by atoms with Crippen LogP contribution in [0.25, 0.3) is 0 Å². The predicted molar refractivity (Wildman–Crippen MR) is 146 cm³/mol. The van der Waals surface area contributed by atoms with E-state index in [-0.39, 0.29) is 36.5 Å². The number of amides is 1. The third-order valence-corrected chi connectivity index (χ3v) is 7.84. The minimum atomic E-state index is -4.59. The van der Waals surface area contributed by atoms with Crippen LogP contribution in [0.4, 0.5) is 18.9 Å². The molecule has 0 radical (unpaired) electrons. The Balaban J connectivity index is 1.68. The first-order valence-corrected chi connectivity index (χ1v) is 13.9. The summed E-state index contributed by atoms with van der Waals surface area (Å²) in [6.45, 7) is 1.36. The number of nitrogens with one attached hydrogen (secondary N) is 1. The van der Waals surface area contributed by atoms with Gasteiger partial charge in [0.25, 0.3) is 5.91 Å². The second kappa shape index (κ2) is 12.8. The summed E-state index contributed by atoms with van der Waals surface area (Å²) in [5, 5.41) is 2.34. The highest BCUT2D eigenvalue weighted by molar-refractivity contribution is 7.89. The number of carbonyl (C=O) groups excluding carboxylic acids is 2. The van der Waals surface area contributed by atoms with E-state index >= 15 is 4.39 Å². The lowest BCUT2D eigenvalue weighted by atomic mass is 10.1. The van der Waals surface area contributed by atoms with E-state index in [1.807, 2.05) is 0 Å². The van der Waals surface area contributed by atoms with Crippen LogP contribution in [-0.2, 0) is 27.8 Å². The molecule has 0 saturated heterocycles. The van der Waals surface area contributed by atoms with Crippen LogP contribution in [0, 0.1) is 17.5 Å². The Hall–Kier alpha value is -4.48. The van der Waals surface area contributed by atoms with E-state index in [2.05, 4.69) is 5.32 Å². The molecular formula is C30H25F3N2O5S. The first kappa shape index (κ1) is 29.5. The van der Waals surface area contributed by atoms with Crippen LogP contribution in [0.15, 0.2) is 95.9 Å². The fraction of sp³-hybridized carbons (Fsp3) is 0.133. The van der Waals surface area contributed by atoms with Gasteiger partial charge in [0.05, 0.1) is 17.9 Å². The molecule has 0 aromatic heterocycles. The van der Waals surface area contributed by atoms with Crippen LogP contribution in [0.1, 0.15) is 38.8 Å². The highest BCUT2D eigenvalue weighted by atomic mass is 32.2. The zero-order valence-electron chi connectivity index (χ0n) is 21.8. The average Bonchev–Trinajstić information content (AvgIpc) is 2.95. The number of para-hydroxylation sites is 1. The second-order valence-electron chi connectivity index (χ2n) is 8.90. The van der Waals surface area contributed by atoms with Gasteiger partial charge in [-0.05, 0) is 72.6 Å². The molecule has 0 spiro atoms. The van der Waals surface area contributed by atoms with Gasteiger partial charge in [-0.15, -0.1) is 0 Å². The molecule has 41 heavy (non-hydrogen) atoms. The van der Waals surface area contributed by atoms with Gasteiger partial charge in [-0.2, -0.15) is 4.31 Å². The molecule has 0 aliphatic heterocycles. The van der Waals surface area contributed by atoms with Gasteiger partial charge in [0.15, 0.2) is 0 Å². The van der Waals surface area contributed by atoms with Crippen molar-refractivity contribution in [3.8, 4) is 0 Å². The smallest absolute Gasteiger partial charge is 0.338 e. The molecule has 4 aromatic carbocycles. The number of ether oxygens (including phenoxy) is 1. The number of esters is 1. The number of sulfonamides is 1. The fourth-order valence-electron chi connectivity index (χ4n) is 3.92. The Kier molecular flexibility index (Phi) is 9.21. The van der Waals surface area contributed by atoms with Gasteiger partial charge in [0.2, 0.25) is 10.0 Å². The van der Waals surface area contributed by atoms with Crippen molar-refractivity contribution in [1.82, 2.24) is 4.31 Å². The quantitative estimate of drug-likeness (QED) is 0.234. The van der Waals surface area contributed by atoms with Crippen LogP contribution >= 0.6 is 0 Å². The minimum absolute atomic E-state index is 0.129. The molecule has 212 valence electrons. The third kappa shape index (κ3) is 7.19. The summed E-state index contributed by atoms with van der Waals surface area (Å²) in [6.07, 6.45) is 0. The van der Waals surface area contributed by atoms with E-state index in [0.717, 1.165) is 28.6 Å². The van der Waals surface area contributed by atoms with Gasteiger partial charge in [0, 0.05) is 18.7 Å². The van der Waals surface area contributed by atoms with E-state index in [1.165, 1.54) is 66.7 Å². The standard InChI is InChI=1S/C30H25F3N2O5S/c1-2-40-30(37)22-11-7-20(8-12-22)18-35(19-21-9-14-24(31)15-10-21)41(38,39)28-17-23(13-16-26(28)33)29(36)34-27-6-4-3-5-25(27)32/h3-17H,2,18-19H2,1H3,(H,34,36). The minimum Gasteiger partial charge on any atom is -0.462 e. The highest BCUT2D eigenvalue weighted by Crippen LogP contribution is 2.26. The van der Waals surface area contributed by atoms with Crippen molar-refractivity contribution in [3.63, 3.8) is 0 Å². The Morgan fingerprint density at radius 3 is 1.98 bits per heavy atom. The first-order chi connectivity index (χ1) is 19.6. The molecular weight excluding hydrogens is 557 g/mol. The Bertz CT molecular complexity index is 1660. The lowest BCUT2D eigenvalue weighted by Gasteiger charge is -2.23. The van der Waals surface area contributed by atoms with Crippen molar-refractivity contribution in [2.75, 3.05) is 11.9 Å². The zero-order chi connectivity index (χ0) is 29.6. The number of hydrogen-bond donors (Lipinski definition) is 1. The summed E-state index contributed by atoms with van der Waals surface area (Å²) in [4.78, 5) is 24.0. The van der Waals surface area contributed by atoms with Gasteiger partial charge >= 0.3 is 5.97 Å². The second-order valence-corrected chi connectivity index (χ2v) is 10.8. The number of hydrogen-bond acceptors (Lipinski definition) is 5. The normalized spacial score (nSPS) is 11.3. The van der Waals surface area contributed by atoms with E-state index in [1.54, 1.807) is 6.92 Å². The van der Waals surface area contributed by atoms with Crippen LogP contribution in [0.3, 0.4) is 0 Å². The predicted octanol–water partition coefficient (Wildman–Crippen LogP) is 5.92. The molecule has 0 bridgehead atoms. The number of nitrogens with zero attached hydrogens (tertiary/aromatic N) is 1. The van der Waals surface area contributed by atoms with Crippen LogP contribution in [0.2, 0.25) is 0 Å². The maximum Gasteiger partial charge on any atom is 0.338 e. The number of rotatable bonds is 10. The Morgan fingerprint density at radius 1 is 0.780 bits per heavy atom. The van der Waals surface area contributed by atoms with Gasteiger partial charge in [0.1, 0.15) is 22.3 Å². The number of benzene rings is 4. The van der Waals surface area contributed by atoms with Crippen LogP contribution < -0.4 is 5.32 Å². The number of anilines is 1. The lowest BCUT2D eigenvalue weighted by Crippen LogP contribution is -2.31. The SMILES string of the molecule is CCOC(=O)c1ccc(CN(Cc2ccc(F)cc2)S(=O)(=O)c2cc(C(=O)Nc3ccccc3F)ccc2F)cc1. The topological polar surface area (TPSA) is 92.8 Å². The Labute approximate surface area is 235 Å². The molecule has 0 saturated carbocycles. The van der Waals surface area contributed by atoms with Crippen molar-refractivity contribution >= 4 is 27.6 Å². The number of carbonyl (C=O) groups is 2. The van der Waals surface area contributed by atoms with Crippen molar-refractivity contribution < 1.29 is 35.9 Å². The van der Waals surface area contributed by atoms with Crippen molar-refractivity contribution in [1.29, 1.82) is 0 Å². The molecule has 11 heteroatoms. The van der Waals surface area contributed by atoms with Crippen LogP contribution in [-0.4, -0.2) is 31.2 Å². The molecule has 0 heterocycles. The summed E-state index contributed by atoms with van der Waals surface area (Å²) < 4.78 is 76.1. The van der Waals surface area contributed by atoms with Gasteiger partial charge in [-0.25, -0.2) is 26.4 Å². The van der Waals surface area contributed by atoms with E-state index in [0.29, 0.717) is 11.1 Å². The zero-order valence-corrected chi connectivity index (χ0v) is 22.6. The molecule has 7 nitrogen and oxygen atoms in total. The van der Waals surface area contributed by atoms with Crippen molar-refractivity contribution in [2.24, 2.45) is 0 Å². The van der Waals surface area contributed by atoms with E-state index in [9.17, 15) is 26.8 Å². The molecule has 0 fully saturated rings. The molecule has 0 atom stereocenters. The fourth-order valence-corrected chi connectivity index (χ4v) is 5.43. The van der Waals surface area contributed by atoms with E-state index in [4.69, 9.17) is 4.74 Å². The summed E-state index contributed by atoms with van der Waals surface area (Å²) in [5.74, 6) is -3.70. The summed E-state index contributed by atoms with van der Waals surface area (Å²) in [7, 11) is -4.59. The third-order valence-electron chi connectivity index (χ3n) is 6.03. The first-order valence-electron chi connectivity index (χ1n) is 12.4. The van der Waals surface area contributed by atoms with Gasteiger partial charge in [-0.1, -0.05) is 36.4 Å². The van der Waals surface area contributed by atoms with Gasteiger partial charge < -0.3 is 10.1 Å². The average molecular weight is 583 g/mol. The maximum absolute atomic E-state index is 15.0. The van der Waals surface area contributed by atoms with Crippen molar-refractivity contribution in [3.05, 3.63) is 131 Å². The summed E-state index contributed by atoms with van der Waals surface area (Å²) in [6, 6.07) is 19.4. The monoisotopic (exact) mass is 582 g/mol. The molecule has 1 amide bonds. The molecule has 0 aliphatic carbocycles. The number of halogens is 3. The highest BCUT2D eigenvalue weighted by Gasteiger charge is 2.29. The van der Waals surface area contributed by atoms with E-state index < -0.39 is 44.2 Å². The molecule has 0 aliphatic rings. The summed E-state index contributed by atoms with van der Waals surface area (Å²) >= 11 is 0. The summed E-state index contributed by atoms with van der Waals surface area (Å²) in [5.41, 5.74) is 0.817. The van der Waals surface area contributed by atoms with Crippen LogP contribution in [0.5, 0.6) is 0 Å². The van der Waals surface area contributed by atoms with Gasteiger partial charge in [-0.3, -0.25) is 4.79 Å². The maximum atomic E-state index is 15.0. The molecule has 4 rings (SSSR count).